The molecule has 0 radical (unpaired) electrons. The summed E-state index contributed by atoms with van der Waals surface area (Å²) in [4.78, 5) is 49.4. The van der Waals surface area contributed by atoms with Gasteiger partial charge in [-0.25, -0.2) is 9.09 Å². The molecule has 0 amide bonds. The second-order valence-corrected chi connectivity index (χ2v) is 11.4. The number of nitrogens with zero attached hydrogens (tertiary/aromatic N) is 2. The van der Waals surface area contributed by atoms with Crippen LogP contribution in [0, 0.1) is 0 Å². The Kier molecular flexibility index (Phi) is 11.3. The highest BCUT2D eigenvalue weighted by atomic mass is 31.2. The number of aliphatic hydroxyl groups excluding tert-OH is 5. The predicted molar refractivity (Wildman–Crippen MR) is 137 cm³/mol. The van der Waals surface area contributed by atoms with Crippen LogP contribution in [0.15, 0.2) is 28.1 Å². The number of aliphatic imine (C=N–C) groups is 1. The minimum absolute atomic E-state index is 0.101. The third-order valence-corrected chi connectivity index (χ3v) is 7.61. The highest BCUT2D eigenvalue weighted by molar-refractivity contribution is 7.47. The average molecular weight is 653 g/mol. The Labute approximate surface area is 248 Å². The minimum Gasteiger partial charge on any atom is -0.862 e. The maximum absolute atomic E-state index is 12.9. The lowest BCUT2D eigenvalue weighted by atomic mass is 9.89. The van der Waals surface area contributed by atoms with Crippen molar-refractivity contribution in [3.05, 3.63) is 28.7 Å². The number of phosphoric ester groups is 1. The molecule has 3 heterocycles. The van der Waals surface area contributed by atoms with E-state index >= 15 is 0 Å². The number of aliphatic hydroxyl groups is 5. The van der Waals surface area contributed by atoms with Crippen LogP contribution in [-0.4, -0.2) is 121 Å². The lowest BCUT2D eigenvalue weighted by molar-refractivity contribution is -0.369. The summed E-state index contributed by atoms with van der Waals surface area (Å²) in [5, 5.41) is 76.1. The number of phosphoric acid groups is 1. The maximum atomic E-state index is 12.9. The predicted octanol–water partition coefficient (Wildman–Crippen LogP) is -5.79. The molecule has 1 aromatic heterocycles. The fourth-order valence-electron chi connectivity index (χ4n) is 4.53. The molecule has 0 aromatic carbocycles. The van der Waals surface area contributed by atoms with E-state index < -0.39 is 112 Å². The van der Waals surface area contributed by atoms with E-state index in [1.165, 1.54) is 6.07 Å². The van der Waals surface area contributed by atoms with Crippen molar-refractivity contribution < 1.29 is 78.1 Å². The molecule has 8 N–H and O–H groups in total. The van der Waals surface area contributed by atoms with Gasteiger partial charge >= 0.3 is 13.8 Å². The average Bonchev–Trinajstić information content (AvgIpc) is 3.19. The van der Waals surface area contributed by atoms with Gasteiger partial charge in [0.1, 0.15) is 55.2 Å². The number of pyridine rings is 1. The van der Waals surface area contributed by atoms with Crippen molar-refractivity contribution in [1.82, 2.24) is 4.57 Å². The number of hydrogen-bond donors (Lipinski definition) is 7. The molecule has 2 fully saturated rings. The van der Waals surface area contributed by atoms with Crippen molar-refractivity contribution in [2.24, 2.45) is 4.99 Å². The third-order valence-electron chi connectivity index (χ3n) is 6.61. The van der Waals surface area contributed by atoms with Gasteiger partial charge in [0.2, 0.25) is 5.79 Å². The number of esters is 1. The minimum atomic E-state index is -5.59. The summed E-state index contributed by atoms with van der Waals surface area (Å²) >= 11 is 0. The monoisotopic (exact) mass is 653 g/mol. The Morgan fingerprint density at radius 2 is 1.91 bits per heavy atom. The largest absolute Gasteiger partial charge is 0.862 e. The molecule has 44 heavy (non-hydrogen) atoms. The number of carbonyl (C=O) groups excluding carboxylic acids is 2. The molecule has 20 nitrogen and oxygen atoms in total. The Morgan fingerprint density at radius 3 is 2.48 bits per heavy atom. The molecular formula is C23H32N3O17P-2. The zero-order valence-electron chi connectivity index (χ0n) is 23.1. The van der Waals surface area contributed by atoms with Crippen LogP contribution in [0.25, 0.3) is 0 Å². The number of nitrogen functional groups attached to an aromatic ring is 1. The normalized spacial score (nSPS) is 33.7. The van der Waals surface area contributed by atoms with Crippen molar-refractivity contribution in [3.63, 3.8) is 0 Å². The topological polar surface area (TPSA) is 325 Å². The van der Waals surface area contributed by atoms with Gasteiger partial charge in [-0.3, -0.25) is 23.7 Å². The second-order valence-electron chi connectivity index (χ2n) is 10.0. The van der Waals surface area contributed by atoms with E-state index in [1.54, 1.807) is 0 Å². The first-order valence-electron chi connectivity index (χ1n) is 12.8. The van der Waals surface area contributed by atoms with E-state index in [9.17, 15) is 59.6 Å². The number of anilines is 1. The van der Waals surface area contributed by atoms with E-state index in [-0.39, 0.29) is 5.69 Å². The SMILES string of the molecule is CC(=O)OC[C@@H](O)[C@@H](O)[C@@H]1O[C@](OP(=O)(O)OC[C@H]2O[C@@H](n3ccc(N)cc3=O)[C@H](O)[C@@H]2O)(C(=O)[O-])C[C@H](O)[C@H]1N=C(C)[O-]. The number of carboxylic acid groups (broad SMARTS) is 1. The molecule has 11 atom stereocenters. The molecular weight excluding hydrogens is 621 g/mol. The van der Waals surface area contributed by atoms with E-state index in [1.807, 2.05) is 0 Å². The molecule has 0 saturated carbocycles. The van der Waals surface area contributed by atoms with Crippen LogP contribution in [0.2, 0.25) is 0 Å². The summed E-state index contributed by atoms with van der Waals surface area (Å²) in [5.41, 5.74) is 4.91. The Morgan fingerprint density at radius 1 is 1.25 bits per heavy atom. The van der Waals surface area contributed by atoms with E-state index in [2.05, 4.69) is 9.73 Å². The van der Waals surface area contributed by atoms with Gasteiger partial charge in [0, 0.05) is 31.3 Å². The molecule has 1 aromatic rings. The lowest BCUT2D eigenvalue weighted by Gasteiger charge is -2.47. The van der Waals surface area contributed by atoms with Crippen LogP contribution in [0.3, 0.4) is 0 Å². The van der Waals surface area contributed by atoms with Gasteiger partial charge in [-0.2, -0.15) is 0 Å². The van der Waals surface area contributed by atoms with Gasteiger partial charge in [0.05, 0.1) is 12.7 Å². The van der Waals surface area contributed by atoms with E-state index in [0.717, 1.165) is 30.7 Å². The summed E-state index contributed by atoms with van der Waals surface area (Å²) in [6, 6.07) is 0.560. The highest BCUT2D eigenvalue weighted by Gasteiger charge is 2.55. The number of carboxylic acids is 1. The Bertz CT molecular complexity index is 1340. The van der Waals surface area contributed by atoms with Gasteiger partial charge in [-0.1, -0.05) is 0 Å². The number of hydrogen-bond acceptors (Lipinski definition) is 18. The first-order chi connectivity index (χ1) is 20.4. The molecule has 248 valence electrons. The molecule has 3 rings (SSSR count). The molecule has 0 bridgehead atoms. The van der Waals surface area contributed by atoms with Crippen LogP contribution in [0.4, 0.5) is 5.69 Å². The van der Waals surface area contributed by atoms with Crippen LogP contribution < -0.4 is 21.5 Å². The smallest absolute Gasteiger partial charge is 0.475 e. The van der Waals surface area contributed by atoms with Crippen LogP contribution >= 0.6 is 7.82 Å². The van der Waals surface area contributed by atoms with Crippen molar-refractivity contribution in [2.75, 3.05) is 18.9 Å². The number of aromatic nitrogens is 1. The molecule has 0 spiro atoms. The van der Waals surface area contributed by atoms with Crippen molar-refractivity contribution in [1.29, 1.82) is 0 Å². The summed E-state index contributed by atoms with van der Waals surface area (Å²) in [6.07, 6.45) is -15.0. The zero-order chi connectivity index (χ0) is 33.1. The fourth-order valence-corrected chi connectivity index (χ4v) is 5.49. The number of rotatable bonds is 12. The second kappa shape index (κ2) is 14.0. The number of carbonyl (C=O) groups is 2. The van der Waals surface area contributed by atoms with Crippen molar-refractivity contribution in [3.8, 4) is 0 Å². The summed E-state index contributed by atoms with van der Waals surface area (Å²) in [6.45, 7) is 0.0469. The van der Waals surface area contributed by atoms with Gasteiger partial charge in [0.25, 0.3) is 5.56 Å². The molecule has 2 saturated heterocycles. The van der Waals surface area contributed by atoms with Gasteiger partial charge in [-0.15, -0.1) is 0 Å². The van der Waals surface area contributed by atoms with E-state index in [4.69, 9.17) is 24.3 Å². The summed E-state index contributed by atoms with van der Waals surface area (Å²) in [7, 11) is -5.59. The van der Waals surface area contributed by atoms with Gasteiger partial charge < -0.3 is 65.4 Å². The van der Waals surface area contributed by atoms with Crippen molar-refractivity contribution >= 4 is 31.3 Å². The van der Waals surface area contributed by atoms with Gasteiger partial charge in [0.15, 0.2) is 6.23 Å². The molecule has 2 aliphatic heterocycles. The Hall–Kier alpha value is -3.01. The summed E-state index contributed by atoms with van der Waals surface area (Å²) in [5.74, 6) is -7.52. The maximum Gasteiger partial charge on any atom is 0.475 e. The zero-order valence-corrected chi connectivity index (χ0v) is 24.0. The van der Waals surface area contributed by atoms with Crippen LogP contribution in [-0.2, 0) is 37.4 Å². The fraction of sp³-hybridized carbons (Fsp3) is 0.652. The standard InChI is InChI=1S/C23H34N3O17P/c1-9(27)25-16-12(29)6-23(22(35)36,42-20(16)17(32)13(30)7-39-10(2)28)43-44(37,38)40-8-14-18(33)19(34)21(41-14)26-4-3-11(24)5-15(26)31/h3-5,12-14,16-21,29-30,32-34H,6-8,24H2,1-2H3,(H,25,27)(H,35,36)(H,37,38)/p-2/t12-,13+,14+,16+,17+,18+,19+,20+,21+,23+/m0/s1. The number of nitrogens with two attached hydrogens (primary N) is 1. The van der Waals surface area contributed by atoms with Gasteiger partial charge in [-0.05, 0) is 18.9 Å². The van der Waals surface area contributed by atoms with Crippen molar-refractivity contribution in [2.45, 2.75) is 81.1 Å². The number of ether oxygens (including phenoxy) is 3. The summed E-state index contributed by atoms with van der Waals surface area (Å²) < 4.78 is 38.5. The first-order valence-corrected chi connectivity index (χ1v) is 14.3. The van der Waals surface area contributed by atoms with Crippen LogP contribution in [0.5, 0.6) is 0 Å². The molecule has 1 unspecified atom stereocenters. The van der Waals surface area contributed by atoms with Crippen LogP contribution in [0.1, 0.15) is 26.5 Å². The molecule has 21 heteroatoms. The quantitative estimate of drug-likeness (QED) is 0.0478. The lowest BCUT2D eigenvalue weighted by Crippen LogP contribution is -2.66. The molecule has 0 aliphatic carbocycles. The van der Waals surface area contributed by atoms with E-state index in [0.29, 0.717) is 0 Å². The highest BCUT2D eigenvalue weighted by Crippen LogP contribution is 2.51. The third kappa shape index (κ3) is 8.17. The molecule has 2 aliphatic rings. The Balaban J connectivity index is 1.80. The number of aliphatic carboxylic acids is 1. The first kappa shape index (κ1) is 35.5.